The van der Waals surface area contributed by atoms with Crippen LogP contribution in [0, 0.1) is 6.92 Å². The molecule has 0 atom stereocenters. The van der Waals surface area contributed by atoms with Crippen LogP contribution < -0.4 is 4.90 Å². The average molecular weight is 459 g/mol. The van der Waals surface area contributed by atoms with Crippen molar-refractivity contribution in [3.05, 3.63) is 54.7 Å². The molecule has 0 spiro atoms. The van der Waals surface area contributed by atoms with Gasteiger partial charge in [-0.3, -0.25) is 9.48 Å². The van der Waals surface area contributed by atoms with E-state index in [1.165, 1.54) is 0 Å². The van der Waals surface area contributed by atoms with Gasteiger partial charge in [-0.15, -0.1) is 0 Å². The number of aromatic nitrogens is 5. The van der Waals surface area contributed by atoms with Gasteiger partial charge >= 0.3 is 0 Å². The molecule has 1 aliphatic heterocycles. The highest BCUT2D eigenvalue weighted by molar-refractivity contribution is 5.86. The zero-order valence-corrected chi connectivity index (χ0v) is 20.1. The number of hydrogen-bond acceptors (Lipinski definition) is 6. The highest BCUT2D eigenvalue weighted by atomic mass is 16.2. The molecule has 0 bridgehead atoms. The second-order valence-corrected chi connectivity index (χ2v) is 9.18. The monoisotopic (exact) mass is 458 g/mol. The maximum atomic E-state index is 12.3. The molecule has 0 N–H and O–H groups in total. The van der Waals surface area contributed by atoms with E-state index in [-0.39, 0.29) is 5.91 Å². The van der Waals surface area contributed by atoms with Gasteiger partial charge in [-0.2, -0.15) is 10.2 Å². The molecule has 1 fully saturated rings. The van der Waals surface area contributed by atoms with Gasteiger partial charge in [-0.25, -0.2) is 9.50 Å². The summed E-state index contributed by atoms with van der Waals surface area (Å²) in [6.45, 7) is 5.54. The van der Waals surface area contributed by atoms with Crippen molar-refractivity contribution in [2.75, 3.05) is 51.7 Å². The van der Waals surface area contributed by atoms with Gasteiger partial charge in [-0.1, -0.05) is 0 Å². The number of anilines is 1. The second kappa shape index (κ2) is 8.90. The number of rotatable bonds is 5. The first-order valence-electron chi connectivity index (χ1n) is 11.5. The van der Waals surface area contributed by atoms with E-state index in [9.17, 15) is 4.79 Å². The van der Waals surface area contributed by atoms with Crippen LogP contribution in [0.15, 0.2) is 49.2 Å². The van der Waals surface area contributed by atoms with Crippen LogP contribution in [0.1, 0.15) is 5.56 Å². The van der Waals surface area contributed by atoms with Crippen molar-refractivity contribution in [2.24, 2.45) is 7.05 Å². The molecule has 0 aliphatic carbocycles. The Balaban J connectivity index is 1.39. The van der Waals surface area contributed by atoms with Gasteiger partial charge in [0.1, 0.15) is 5.82 Å². The summed E-state index contributed by atoms with van der Waals surface area (Å²) < 4.78 is 3.74. The molecule has 1 saturated heterocycles. The third-order valence-electron chi connectivity index (χ3n) is 6.30. The van der Waals surface area contributed by atoms with E-state index in [0.29, 0.717) is 6.54 Å². The number of piperazine rings is 1. The molecular formula is C25H30N8O. The Morgan fingerprint density at radius 3 is 2.41 bits per heavy atom. The van der Waals surface area contributed by atoms with Crippen molar-refractivity contribution in [3.63, 3.8) is 0 Å². The Labute approximate surface area is 199 Å². The minimum absolute atomic E-state index is 0.182. The molecule has 0 radical (unpaired) electrons. The zero-order valence-electron chi connectivity index (χ0n) is 20.1. The maximum Gasteiger partial charge on any atom is 0.236 e. The molecular weight excluding hydrogens is 428 g/mol. The van der Waals surface area contributed by atoms with Gasteiger partial charge in [0.15, 0.2) is 0 Å². The fourth-order valence-corrected chi connectivity index (χ4v) is 4.51. The van der Waals surface area contributed by atoms with Gasteiger partial charge in [0.05, 0.1) is 24.5 Å². The third-order valence-corrected chi connectivity index (χ3v) is 6.30. The minimum Gasteiger partial charge on any atom is -0.353 e. The molecule has 34 heavy (non-hydrogen) atoms. The topological polar surface area (TPSA) is 74.8 Å². The van der Waals surface area contributed by atoms with Crippen LogP contribution in [0.3, 0.4) is 0 Å². The van der Waals surface area contributed by atoms with E-state index < -0.39 is 0 Å². The highest BCUT2D eigenvalue weighted by Crippen LogP contribution is 2.32. The smallest absolute Gasteiger partial charge is 0.236 e. The summed E-state index contributed by atoms with van der Waals surface area (Å²) in [4.78, 5) is 23.2. The molecule has 1 aliphatic rings. The van der Waals surface area contributed by atoms with Crippen LogP contribution in [0.5, 0.6) is 0 Å². The van der Waals surface area contributed by atoms with Gasteiger partial charge in [0.2, 0.25) is 5.91 Å². The zero-order chi connectivity index (χ0) is 23.8. The number of carbonyl (C=O) groups excluding carboxylic acids is 1. The largest absolute Gasteiger partial charge is 0.353 e. The predicted octanol–water partition coefficient (Wildman–Crippen LogP) is 2.32. The first-order chi connectivity index (χ1) is 16.4. The lowest BCUT2D eigenvalue weighted by Crippen LogP contribution is -2.50. The average Bonchev–Trinajstić information content (AvgIpc) is 3.44. The summed E-state index contributed by atoms with van der Waals surface area (Å²) >= 11 is 0. The minimum atomic E-state index is 0.182. The predicted molar refractivity (Wildman–Crippen MR) is 133 cm³/mol. The van der Waals surface area contributed by atoms with Crippen LogP contribution in [0.25, 0.3) is 27.8 Å². The Kier molecular flexibility index (Phi) is 5.79. The molecule has 5 rings (SSSR count). The summed E-state index contributed by atoms with van der Waals surface area (Å²) in [7, 11) is 5.76. The summed E-state index contributed by atoms with van der Waals surface area (Å²) in [6, 6.07) is 6.39. The molecule has 176 valence electrons. The number of fused-ring (bicyclic) bond motifs is 1. The molecule has 0 saturated carbocycles. The first-order valence-corrected chi connectivity index (χ1v) is 11.5. The highest BCUT2D eigenvalue weighted by Gasteiger charge is 2.22. The molecule has 5 heterocycles. The lowest BCUT2D eigenvalue weighted by Gasteiger charge is -2.36. The summed E-state index contributed by atoms with van der Waals surface area (Å²) in [5.41, 5.74) is 6.44. The van der Waals surface area contributed by atoms with E-state index >= 15 is 0 Å². The number of hydrogen-bond donors (Lipinski definition) is 0. The van der Waals surface area contributed by atoms with Crippen molar-refractivity contribution in [3.8, 4) is 22.3 Å². The molecule has 9 heteroatoms. The van der Waals surface area contributed by atoms with Crippen molar-refractivity contribution < 1.29 is 4.79 Å². The number of pyridine rings is 2. The Hall–Kier alpha value is -3.72. The van der Waals surface area contributed by atoms with E-state index in [0.717, 1.165) is 65.3 Å². The van der Waals surface area contributed by atoms with Crippen molar-refractivity contribution >= 4 is 17.2 Å². The Bertz CT molecular complexity index is 1310. The Morgan fingerprint density at radius 2 is 1.76 bits per heavy atom. The van der Waals surface area contributed by atoms with Crippen LogP contribution in [0.2, 0.25) is 0 Å². The number of nitrogens with zero attached hydrogens (tertiary/aromatic N) is 8. The van der Waals surface area contributed by atoms with Crippen LogP contribution >= 0.6 is 0 Å². The molecule has 1 amide bonds. The van der Waals surface area contributed by atoms with Crippen molar-refractivity contribution in [1.29, 1.82) is 0 Å². The van der Waals surface area contributed by atoms with Gasteiger partial charge < -0.3 is 14.7 Å². The standard InChI is InChI=1S/C25H30N8O/c1-18-12-28-33-16-20(21-14-27-30(4)15-21)11-22(25(18)33)19-5-6-23(26-13-19)31-7-9-32(10-8-31)24(34)17-29(2)3/h5-6,11-16H,7-10,17H2,1-4H3. The summed E-state index contributed by atoms with van der Waals surface area (Å²) in [6.07, 6.45) is 9.75. The quantitative estimate of drug-likeness (QED) is 0.457. The first kappa shape index (κ1) is 22.1. The number of aryl methyl sites for hydroxylation is 2. The Morgan fingerprint density at radius 1 is 0.971 bits per heavy atom. The lowest BCUT2D eigenvalue weighted by atomic mass is 10.0. The fourth-order valence-electron chi connectivity index (χ4n) is 4.51. The van der Waals surface area contributed by atoms with Crippen LogP contribution in [0.4, 0.5) is 5.82 Å². The van der Waals surface area contributed by atoms with E-state index in [1.807, 2.05) is 66.4 Å². The number of amides is 1. The number of likely N-dealkylation sites (N-methyl/N-ethyl adjacent to an activating group) is 1. The summed E-state index contributed by atoms with van der Waals surface area (Å²) in [5.74, 6) is 1.12. The number of carbonyl (C=O) groups is 1. The van der Waals surface area contributed by atoms with Crippen molar-refractivity contribution in [1.82, 2.24) is 34.2 Å². The molecule has 0 unspecified atom stereocenters. The third kappa shape index (κ3) is 4.26. The van der Waals surface area contributed by atoms with E-state index in [1.54, 1.807) is 4.68 Å². The van der Waals surface area contributed by atoms with Crippen LogP contribution in [-0.2, 0) is 11.8 Å². The SMILES string of the molecule is Cc1cnn2cc(-c3cnn(C)c3)cc(-c3ccc(N4CCN(C(=O)CN(C)C)CC4)nc3)c12. The molecule has 4 aromatic heterocycles. The van der Waals surface area contributed by atoms with Gasteiger partial charge in [0, 0.05) is 74.1 Å². The normalized spacial score (nSPS) is 14.4. The molecule has 4 aromatic rings. The lowest BCUT2D eigenvalue weighted by molar-refractivity contribution is -0.132. The molecule has 0 aromatic carbocycles. The van der Waals surface area contributed by atoms with E-state index in [2.05, 4.69) is 40.2 Å². The van der Waals surface area contributed by atoms with E-state index in [4.69, 9.17) is 4.98 Å². The van der Waals surface area contributed by atoms with Gasteiger partial charge in [-0.05, 0) is 44.8 Å². The second-order valence-electron chi connectivity index (χ2n) is 9.18. The van der Waals surface area contributed by atoms with Crippen LogP contribution in [-0.4, -0.2) is 86.9 Å². The van der Waals surface area contributed by atoms with Crippen molar-refractivity contribution in [2.45, 2.75) is 6.92 Å². The maximum absolute atomic E-state index is 12.3. The fraction of sp³-hybridized carbons (Fsp3) is 0.360. The van der Waals surface area contributed by atoms with Gasteiger partial charge in [0.25, 0.3) is 0 Å². The summed E-state index contributed by atoms with van der Waals surface area (Å²) in [5, 5.41) is 8.87. The molecule has 9 nitrogen and oxygen atoms in total.